The summed E-state index contributed by atoms with van der Waals surface area (Å²) in [6, 6.07) is 8.04. The second-order valence-electron chi connectivity index (χ2n) is 6.14. The molecule has 126 valence electrons. The van der Waals surface area contributed by atoms with Gasteiger partial charge in [-0.1, -0.05) is 24.3 Å². The fourth-order valence-corrected chi connectivity index (χ4v) is 3.09. The van der Waals surface area contributed by atoms with Gasteiger partial charge in [0.1, 0.15) is 5.69 Å². The van der Waals surface area contributed by atoms with E-state index >= 15 is 0 Å². The quantitative estimate of drug-likeness (QED) is 0.850. The van der Waals surface area contributed by atoms with E-state index in [4.69, 9.17) is 0 Å². The molecule has 3 rings (SSSR count). The van der Waals surface area contributed by atoms with E-state index < -0.39 is 0 Å². The second-order valence-corrected chi connectivity index (χ2v) is 6.14. The molecule has 0 saturated carbocycles. The van der Waals surface area contributed by atoms with Gasteiger partial charge < -0.3 is 14.6 Å². The molecule has 1 amide bonds. The average Bonchev–Trinajstić information content (AvgIpc) is 3.27. The Hall–Kier alpha value is -2.63. The van der Waals surface area contributed by atoms with Gasteiger partial charge in [0.05, 0.1) is 26.1 Å². The van der Waals surface area contributed by atoms with Crippen LogP contribution in [-0.4, -0.2) is 46.9 Å². The van der Waals surface area contributed by atoms with Crippen LogP contribution in [0.15, 0.2) is 36.8 Å². The minimum atomic E-state index is -0.230. The molecule has 1 aromatic carbocycles. The van der Waals surface area contributed by atoms with Gasteiger partial charge in [0.2, 0.25) is 0 Å². The number of aromatic nitrogens is 2. The summed E-state index contributed by atoms with van der Waals surface area (Å²) in [5, 5.41) is 0. The Morgan fingerprint density at radius 2 is 2.04 bits per heavy atom. The number of carbonyl (C=O) groups is 2. The minimum absolute atomic E-state index is 0.0171. The number of amides is 1. The molecule has 6 nitrogen and oxygen atoms in total. The van der Waals surface area contributed by atoms with Crippen molar-refractivity contribution in [1.29, 1.82) is 0 Å². The highest BCUT2D eigenvalue weighted by atomic mass is 16.5. The number of nitrogens with one attached hydrogen (secondary N) is 1. The van der Waals surface area contributed by atoms with E-state index in [9.17, 15) is 9.59 Å². The zero-order valence-electron chi connectivity index (χ0n) is 13.7. The molecule has 24 heavy (non-hydrogen) atoms. The molecule has 2 aromatic rings. The molecule has 0 aliphatic carbocycles. The Kier molecular flexibility index (Phi) is 4.93. The van der Waals surface area contributed by atoms with Gasteiger partial charge >= 0.3 is 5.97 Å². The van der Waals surface area contributed by atoms with Gasteiger partial charge in [-0.3, -0.25) is 9.59 Å². The summed E-state index contributed by atoms with van der Waals surface area (Å²) in [5.74, 6) is 0.248. The van der Waals surface area contributed by atoms with Crippen LogP contribution in [0.2, 0.25) is 0 Å². The smallest absolute Gasteiger partial charge is 0.309 e. The number of likely N-dealkylation sites (tertiary alicyclic amines) is 1. The molecule has 1 saturated heterocycles. The predicted molar refractivity (Wildman–Crippen MR) is 88.5 cm³/mol. The molecule has 6 heteroatoms. The first-order valence-electron chi connectivity index (χ1n) is 8.08. The number of ether oxygens (including phenoxy) is 1. The van der Waals surface area contributed by atoms with E-state index in [1.807, 2.05) is 17.0 Å². The normalized spacial score (nSPS) is 17.0. The van der Waals surface area contributed by atoms with Gasteiger partial charge in [0.25, 0.3) is 5.91 Å². The topological polar surface area (TPSA) is 75.3 Å². The SMILES string of the molecule is COC(=O)Cc1ccc(CC2CCN(C(=O)c3cnc[nH]3)C2)cc1. The lowest BCUT2D eigenvalue weighted by Crippen LogP contribution is -2.29. The van der Waals surface area contributed by atoms with Crippen LogP contribution in [0, 0.1) is 5.92 Å². The molecule has 1 N–H and O–H groups in total. The van der Waals surface area contributed by atoms with Crippen LogP contribution in [0.1, 0.15) is 28.0 Å². The van der Waals surface area contributed by atoms with Crippen molar-refractivity contribution >= 4 is 11.9 Å². The summed E-state index contributed by atoms with van der Waals surface area (Å²) in [6.07, 6.45) is 5.33. The van der Waals surface area contributed by atoms with Crippen LogP contribution in [0.5, 0.6) is 0 Å². The van der Waals surface area contributed by atoms with Gasteiger partial charge in [0.15, 0.2) is 0 Å². The van der Waals surface area contributed by atoms with Crippen molar-refractivity contribution in [1.82, 2.24) is 14.9 Å². The van der Waals surface area contributed by atoms with Crippen molar-refractivity contribution in [3.05, 3.63) is 53.6 Å². The highest BCUT2D eigenvalue weighted by molar-refractivity contribution is 5.92. The number of benzene rings is 1. The summed E-state index contributed by atoms with van der Waals surface area (Å²) < 4.78 is 4.67. The lowest BCUT2D eigenvalue weighted by Gasteiger charge is -2.15. The average molecular weight is 327 g/mol. The number of imidazole rings is 1. The number of carbonyl (C=O) groups excluding carboxylic acids is 2. The van der Waals surface area contributed by atoms with Crippen molar-refractivity contribution in [3.63, 3.8) is 0 Å². The molecule has 1 aliphatic rings. The van der Waals surface area contributed by atoms with Crippen LogP contribution in [0.4, 0.5) is 0 Å². The fourth-order valence-electron chi connectivity index (χ4n) is 3.09. The van der Waals surface area contributed by atoms with E-state index in [0.29, 0.717) is 18.0 Å². The van der Waals surface area contributed by atoms with Crippen LogP contribution >= 0.6 is 0 Å². The standard InChI is InChI=1S/C18H21N3O3/c1-24-17(22)9-14-4-2-13(3-5-14)8-15-6-7-21(11-15)18(23)16-10-19-12-20-16/h2-5,10,12,15H,6-9,11H2,1H3,(H,19,20). The number of hydrogen-bond acceptors (Lipinski definition) is 4. The van der Waals surface area contributed by atoms with E-state index in [1.165, 1.54) is 19.0 Å². The van der Waals surface area contributed by atoms with Gasteiger partial charge in [0, 0.05) is 13.1 Å². The molecule has 1 aromatic heterocycles. The number of aromatic amines is 1. The van der Waals surface area contributed by atoms with Crippen LogP contribution < -0.4 is 0 Å². The lowest BCUT2D eigenvalue weighted by atomic mass is 9.97. The van der Waals surface area contributed by atoms with Crippen molar-refractivity contribution in [2.75, 3.05) is 20.2 Å². The maximum atomic E-state index is 12.3. The third-order valence-electron chi connectivity index (χ3n) is 4.43. The molecule has 1 fully saturated rings. The molecular weight excluding hydrogens is 306 g/mol. The Labute approximate surface area is 140 Å². The maximum Gasteiger partial charge on any atom is 0.309 e. The highest BCUT2D eigenvalue weighted by Crippen LogP contribution is 2.22. The number of rotatable bonds is 5. The predicted octanol–water partition coefficient (Wildman–Crippen LogP) is 1.83. The van der Waals surface area contributed by atoms with Gasteiger partial charge in [-0.15, -0.1) is 0 Å². The zero-order valence-corrected chi connectivity index (χ0v) is 13.7. The minimum Gasteiger partial charge on any atom is -0.469 e. The van der Waals surface area contributed by atoms with E-state index in [0.717, 1.165) is 31.5 Å². The summed E-state index contributed by atoms with van der Waals surface area (Å²) in [6.45, 7) is 1.55. The van der Waals surface area contributed by atoms with Crippen LogP contribution in [0.25, 0.3) is 0 Å². The van der Waals surface area contributed by atoms with Crippen LogP contribution in [-0.2, 0) is 22.4 Å². The first-order valence-corrected chi connectivity index (χ1v) is 8.08. The van der Waals surface area contributed by atoms with Crippen LogP contribution in [0.3, 0.4) is 0 Å². The first kappa shape index (κ1) is 16.2. The Balaban J connectivity index is 1.54. The molecule has 1 aliphatic heterocycles. The molecular formula is C18H21N3O3. The Morgan fingerprint density at radius 3 is 2.71 bits per heavy atom. The largest absolute Gasteiger partial charge is 0.469 e. The second kappa shape index (κ2) is 7.29. The molecule has 1 atom stereocenters. The number of nitrogens with zero attached hydrogens (tertiary/aromatic N) is 2. The van der Waals surface area contributed by atoms with Crippen molar-refractivity contribution in [3.8, 4) is 0 Å². The number of H-pyrrole nitrogens is 1. The molecule has 1 unspecified atom stereocenters. The number of esters is 1. The Bertz CT molecular complexity index is 695. The fraction of sp³-hybridized carbons (Fsp3) is 0.389. The van der Waals surface area contributed by atoms with Crippen molar-refractivity contribution < 1.29 is 14.3 Å². The van der Waals surface area contributed by atoms with Gasteiger partial charge in [-0.2, -0.15) is 0 Å². The zero-order chi connectivity index (χ0) is 16.9. The Morgan fingerprint density at radius 1 is 1.29 bits per heavy atom. The summed E-state index contributed by atoms with van der Waals surface area (Å²) in [4.78, 5) is 32.2. The molecule has 0 bridgehead atoms. The first-order chi connectivity index (χ1) is 11.7. The summed E-state index contributed by atoms with van der Waals surface area (Å²) >= 11 is 0. The van der Waals surface area contributed by atoms with E-state index in [1.54, 1.807) is 6.20 Å². The van der Waals surface area contributed by atoms with Crippen molar-refractivity contribution in [2.45, 2.75) is 19.3 Å². The number of methoxy groups -OCH3 is 1. The van der Waals surface area contributed by atoms with Gasteiger partial charge in [-0.05, 0) is 29.9 Å². The summed E-state index contributed by atoms with van der Waals surface area (Å²) in [5.41, 5.74) is 2.72. The lowest BCUT2D eigenvalue weighted by molar-refractivity contribution is -0.139. The number of hydrogen-bond donors (Lipinski definition) is 1. The van der Waals surface area contributed by atoms with Gasteiger partial charge in [-0.25, -0.2) is 4.98 Å². The molecule has 0 radical (unpaired) electrons. The highest BCUT2D eigenvalue weighted by Gasteiger charge is 2.27. The third-order valence-corrected chi connectivity index (χ3v) is 4.43. The third kappa shape index (κ3) is 3.82. The van der Waals surface area contributed by atoms with E-state index in [-0.39, 0.29) is 11.9 Å². The van der Waals surface area contributed by atoms with E-state index in [2.05, 4.69) is 26.8 Å². The summed E-state index contributed by atoms with van der Waals surface area (Å²) in [7, 11) is 1.40. The van der Waals surface area contributed by atoms with Crippen molar-refractivity contribution in [2.24, 2.45) is 5.92 Å². The molecule has 0 spiro atoms. The maximum absolute atomic E-state index is 12.3. The monoisotopic (exact) mass is 327 g/mol. The molecule has 2 heterocycles.